The summed E-state index contributed by atoms with van der Waals surface area (Å²) in [5.41, 5.74) is 4.00. The number of anilines is 3. The highest BCUT2D eigenvalue weighted by Crippen LogP contribution is 2.20. The van der Waals surface area contributed by atoms with Gasteiger partial charge in [0.05, 0.1) is 0 Å². The van der Waals surface area contributed by atoms with Gasteiger partial charge in [0.15, 0.2) is 0 Å². The number of rotatable bonds is 3. The second kappa shape index (κ2) is 4.75. The first-order chi connectivity index (χ1) is 8.19. The van der Waals surface area contributed by atoms with Crippen LogP contribution >= 0.6 is 0 Å². The molecule has 17 heavy (non-hydrogen) atoms. The van der Waals surface area contributed by atoms with Crippen LogP contribution in [-0.2, 0) is 0 Å². The molecule has 1 aromatic heterocycles. The Morgan fingerprint density at radius 2 is 1.94 bits per heavy atom. The van der Waals surface area contributed by atoms with E-state index in [1.807, 2.05) is 6.92 Å². The van der Waals surface area contributed by atoms with Crippen molar-refractivity contribution in [2.45, 2.75) is 6.92 Å². The van der Waals surface area contributed by atoms with Gasteiger partial charge in [-0.3, -0.25) is 0 Å². The van der Waals surface area contributed by atoms with Crippen molar-refractivity contribution in [3.8, 4) is 0 Å². The molecule has 0 radical (unpaired) electrons. The maximum atomic E-state index is 13.1. The number of halogens is 1. The van der Waals surface area contributed by atoms with Crippen molar-refractivity contribution in [1.29, 1.82) is 0 Å². The van der Waals surface area contributed by atoms with Gasteiger partial charge < -0.3 is 10.7 Å². The molecular formula is C11H12FN5. The predicted octanol–water partition coefficient (Wildman–Crippen LogP) is 1.95. The third-order valence-electron chi connectivity index (χ3n) is 2.28. The van der Waals surface area contributed by atoms with Gasteiger partial charge in [0.1, 0.15) is 23.8 Å². The monoisotopic (exact) mass is 233 g/mol. The van der Waals surface area contributed by atoms with Crippen molar-refractivity contribution in [3.63, 3.8) is 0 Å². The standard InChI is InChI=1S/C11H12FN5/c1-7-2-3-8(12)4-9(7)16-10-5-11(17-13)15-6-14-10/h2-6H,13H2,1H3,(H2,14,15,16,17). The Hall–Kier alpha value is -2.21. The minimum atomic E-state index is -0.302. The molecule has 0 spiro atoms. The average Bonchev–Trinajstić information content (AvgIpc) is 2.34. The molecule has 0 unspecified atom stereocenters. The molecule has 1 heterocycles. The zero-order valence-electron chi connectivity index (χ0n) is 9.24. The molecule has 0 bridgehead atoms. The number of nitrogens with two attached hydrogens (primary N) is 1. The van der Waals surface area contributed by atoms with Gasteiger partial charge in [-0.2, -0.15) is 0 Å². The van der Waals surface area contributed by atoms with Crippen LogP contribution in [0.25, 0.3) is 0 Å². The first-order valence-corrected chi connectivity index (χ1v) is 5.01. The largest absolute Gasteiger partial charge is 0.340 e. The van der Waals surface area contributed by atoms with Gasteiger partial charge in [0.25, 0.3) is 0 Å². The zero-order valence-corrected chi connectivity index (χ0v) is 9.24. The molecule has 0 aliphatic carbocycles. The van der Waals surface area contributed by atoms with Crippen molar-refractivity contribution in [3.05, 3.63) is 42.0 Å². The minimum absolute atomic E-state index is 0.302. The van der Waals surface area contributed by atoms with Crippen LogP contribution in [0.3, 0.4) is 0 Å². The van der Waals surface area contributed by atoms with Crippen LogP contribution < -0.4 is 16.6 Å². The summed E-state index contributed by atoms with van der Waals surface area (Å²) in [6, 6.07) is 6.14. The molecule has 0 amide bonds. The lowest BCUT2D eigenvalue weighted by Gasteiger charge is -2.09. The van der Waals surface area contributed by atoms with E-state index in [0.717, 1.165) is 5.56 Å². The highest BCUT2D eigenvalue weighted by molar-refractivity contribution is 5.61. The van der Waals surface area contributed by atoms with Crippen molar-refractivity contribution >= 4 is 17.3 Å². The Morgan fingerprint density at radius 3 is 2.71 bits per heavy atom. The lowest BCUT2D eigenvalue weighted by atomic mass is 10.2. The van der Waals surface area contributed by atoms with E-state index >= 15 is 0 Å². The molecule has 0 saturated carbocycles. The van der Waals surface area contributed by atoms with Crippen LogP contribution in [0, 0.1) is 12.7 Å². The summed E-state index contributed by atoms with van der Waals surface area (Å²) in [4.78, 5) is 7.89. The molecule has 1 aromatic carbocycles. The molecule has 0 fully saturated rings. The minimum Gasteiger partial charge on any atom is -0.340 e. The third-order valence-corrected chi connectivity index (χ3v) is 2.28. The Bertz CT molecular complexity index is 529. The summed E-state index contributed by atoms with van der Waals surface area (Å²) >= 11 is 0. The summed E-state index contributed by atoms with van der Waals surface area (Å²) in [6.07, 6.45) is 1.37. The normalized spacial score (nSPS) is 10.1. The molecule has 0 atom stereocenters. The molecule has 5 nitrogen and oxygen atoms in total. The Morgan fingerprint density at radius 1 is 1.18 bits per heavy atom. The van der Waals surface area contributed by atoms with Gasteiger partial charge in [-0.25, -0.2) is 20.2 Å². The second-order valence-electron chi connectivity index (χ2n) is 3.52. The van der Waals surface area contributed by atoms with Crippen LogP contribution in [0.4, 0.5) is 21.7 Å². The van der Waals surface area contributed by atoms with Crippen molar-refractivity contribution in [2.24, 2.45) is 5.84 Å². The maximum absolute atomic E-state index is 13.1. The first-order valence-electron chi connectivity index (χ1n) is 5.01. The van der Waals surface area contributed by atoms with E-state index in [2.05, 4.69) is 20.7 Å². The van der Waals surface area contributed by atoms with Gasteiger partial charge >= 0.3 is 0 Å². The number of benzene rings is 1. The van der Waals surface area contributed by atoms with Gasteiger partial charge in [-0.1, -0.05) is 6.07 Å². The maximum Gasteiger partial charge on any atom is 0.145 e. The van der Waals surface area contributed by atoms with Gasteiger partial charge in [-0.05, 0) is 24.6 Å². The van der Waals surface area contributed by atoms with Crippen LogP contribution in [0.1, 0.15) is 5.56 Å². The van der Waals surface area contributed by atoms with Crippen molar-refractivity contribution < 1.29 is 4.39 Å². The predicted molar refractivity (Wildman–Crippen MR) is 64.3 cm³/mol. The zero-order chi connectivity index (χ0) is 12.3. The highest BCUT2D eigenvalue weighted by atomic mass is 19.1. The number of hydrogen-bond donors (Lipinski definition) is 3. The average molecular weight is 233 g/mol. The number of nitrogens with zero attached hydrogens (tertiary/aromatic N) is 2. The summed E-state index contributed by atoms with van der Waals surface area (Å²) in [6.45, 7) is 1.88. The topological polar surface area (TPSA) is 75.9 Å². The van der Waals surface area contributed by atoms with Crippen LogP contribution in [0.5, 0.6) is 0 Å². The fourth-order valence-corrected chi connectivity index (χ4v) is 1.37. The quantitative estimate of drug-likeness (QED) is 0.558. The third kappa shape index (κ3) is 2.67. The van der Waals surface area contributed by atoms with E-state index in [4.69, 9.17) is 5.84 Å². The smallest absolute Gasteiger partial charge is 0.145 e. The van der Waals surface area contributed by atoms with Crippen LogP contribution in [0.15, 0.2) is 30.6 Å². The number of aryl methyl sites for hydroxylation is 1. The lowest BCUT2D eigenvalue weighted by Crippen LogP contribution is -2.09. The molecular weight excluding hydrogens is 221 g/mol. The Kier molecular flexibility index (Phi) is 3.15. The number of nitrogens with one attached hydrogen (secondary N) is 2. The molecule has 0 aliphatic heterocycles. The Balaban J connectivity index is 2.27. The summed E-state index contributed by atoms with van der Waals surface area (Å²) in [5, 5.41) is 3.00. The van der Waals surface area contributed by atoms with E-state index < -0.39 is 0 Å². The highest BCUT2D eigenvalue weighted by Gasteiger charge is 2.02. The molecule has 0 saturated heterocycles. The second-order valence-corrected chi connectivity index (χ2v) is 3.52. The van der Waals surface area contributed by atoms with Crippen LogP contribution in [-0.4, -0.2) is 9.97 Å². The summed E-state index contributed by atoms with van der Waals surface area (Å²) in [5.74, 6) is 5.96. The van der Waals surface area contributed by atoms with E-state index in [1.165, 1.54) is 18.5 Å². The van der Waals surface area contributed by atoms with E-state index in [9.17, 15) is 4.39 Å². The molecule has 2 aromatic rings. The molecule has 6 heteroatoms. The number of hydrogen-bond acceptors (Lipinski definition) is 5. The van der Waals surface area contributed by atoms with Crippen molar-refractivity contribution in [1.82, 2.24) is 9.97 Å². The number of aromatic nitrogens is 2. The number of nitrogen functional groups attached to an aromatic ring is 1. The van der Waals surface area contributed by atoms with Gasteiger partial charge in [-0.15, -0.1) is 0 Å². The fraction of sp³-hybridized carbons (Fsp3) is 0.0909. The van der Waals surface area contributed by atoms with Crippen molar-refractivity contribution in [2.75, 3.05) is 10.7 Å². The summed E-state index contributed by atoms with van der Waals surface area (Å²) in [7, 11) is 0. The Labute approximate surface area is 97.9 Å². The number of hydrazine groups is 1. The van der Waals surface area contributed by atoms with Crippen LogP contribution in [0.2, 0.25) is 0 Å². The van der Waals surface area contributed by atoms with Gasteiger partial charge in [0, 0.05) is 11.8 Å². The first kappa shape index (κ1) is 11.3. The lowest BCUT2D eigenvalue weighted by molar-refractivity contribution is 0.628. The molecule has 2 rings (SSSR count). The summed E-state index contributed by atoms with van der Waals surface area (Å²) < 4.78 is 13.1. The van der Waals surface area contributed by atoms with E-state index in [1.54, 1.807) is 12.1 Å². The fourth-order valence-electron chi connectivity index (χ4n) is 1.37. The van der Waals surface area contributed by atoms with Gasteiger partial charge in [0.2, 0.25) is 0 Å². The molecule has 4 N–H and O–H groups in total. The SMILES string of the molecule is Cc1ccc(F)cc1Nc1cc(NN)ncn1. The molecule has 0 aliphatic rings. The van der Waals surface area contributed by atoms with E-state index in [0.29, 0.717) is 17.3 Å². The molecule has 88 valence electrons. The van der Waals surface area contributed by atoms with E-state index in [-0.39, 0.29) is 5.82 Å².